The molecule has 58 heavy (non-hydrogen) atoms. The summed E-state index contributed by atoms with van der Waals surface area (Å²) in [6, 6.07) is 66.6. The number of rotatable bonds is 6. The molecular formula is C54H36N2OS. The molecule has 1 aliphatic rings. The van der Waals surface area contributed by atoms with Crippen molar-refractivity contribution in [3.8, 4) is 33.4 Å². The maximum atomic E-state index is 6.90. The van der Waals surface area contributed by atoms with Crippen LogP contribution in [0, 0.1) is 0 Å². The number of allylic oxidation sites excluding steroid dienone is 1. The quantitative estimate of drug-likeness (QED) is 0.166. The van der Waals surface area contributed by atoms with E-state index in [2.05, 4.69) is 182 Å². The Balaban J connectivity index is 1.08. The highest BCUT2D eigenvalue weighted by Crippen LogP contribution is 2.48. The van der Waals surface area contributed by atoms with Crippen LogP contribution in [0.15, 0.2) is 209 Å². The third-order valence-electron chi connectivity index (χ3n) is 11.2. The molecule has 0 amide bonds. The topological polar surface area (TPSA) is 37.9 Å². The van der Waals surface area contributed by atoms with Gasteiger partial charge < -0.3 is 4.42 Å². The molecule has 0 N–H and O–H groups in total. The van der Waals surface area contributed by atoms with E-state index < -0.39 is 0 Å². The first-order valence-electron chi connectivity index (χ1n) is 19.8. The summed E-state index contributed by atoms with van der Waals surface area (Å²) in [5.41, 5.74) is 13.8. The highest BCUT2D eigenvalue weighted by atomic mass is 32.1. The second-order valence-electron chi connectivity index (χ2n) is 14.7. The van der Waals surface area contributed by atoms with Crippen LogP contribution in [0.1, 0.15) is 29.5 Å². The van der Waals surface area contributed by atoms with E-state index in [9.17, 15) is 0 Å². The van der Waals surface area contributed by atoms with Gasteiger partial charge in [0.05, 0.1) is 11.4 Å². The summed E-state index contributed by atoms with van der Waals surface area (Å²) in [4.78, 5) is 10.7. The average molecular weight is 761 g/mol. The predicted octanol–water partition coefficient (Wildman–Crippen LogP) is 15.0. The zero-order valence-electron chi connectivity index (χ0n) is 31.6. The fourth-order valence-electron chi connectivity index (χ4n) is 8.47. The van der Waals surface area contributed by atoms with E-state index in [-0.39, 0.29) is 0 Å². The van der Waals surface area contributed by atoms with E-state index in [0.29, 0.717) is 5.84 Å². The van der Waals surface area contributed by atoms with Crippen molar-refractivity contribution in [1.29, 1.82) is 0 Å². The molecular weight excluding hydrogens is 725 g/mol. The molecule has 8 aromatic carbocycles. The summed E-state index contributed by atoms with van der Waals surface area (Å²) in [5, 5.41) is 4.74. The summed E-state index contributed by atoms with van der Waals surface area (Å²) in [6.07, 6.45) is 3.84. The highest BCUT2D eigenvalue weighted by Gasteiger charge is 2.22. The minimum absolute atomic E-state index is 0.684. The summed E-state index contributed by atoms with van der Waals surface area (Å²) >= 11 is 1.87. The largest absolute Gasteiger partial charge is 0.455 e. The summed E-state index contributed by atoms with van der Waals surface area (Å²) in [5.74, 6) is 0.684. The maximum absolute atomic E-state index is 6.90. The Bertz CT molecular complexity index is 3240. The second-order valence-corrected chi connectivity index (χ2v) is 15.8. The Morgan fingerprint density at radius 2 is 1.03 bits per heavy atom. The van der Waals surface area contributed by atoms with Gasteiger partial charge >= 0.3 is 0 Å². The lowest BCUT2D eigenvalue weighted by molar-refractivity contribution is 0.667. The maximum Gasteiger partial charge on any atom is 0.160 e. The van der Waals surface area contributed by atoms with Crippen LogP contribution < -0.4 is 0 Å². The summed E-state index contributed by atoms with van der Waals surface area (Å²) < 4.78 is 9.48. The van der Waals surface area contributed by atoms with Crippen molar-refractivity contribution in [2.75, 3.05) is 0 Å². The molecule has 3 heterocycles. The minimum atomic E-state index is 0.684. The zero-order chi connectivity index (χ0) is 38.4. The number of nitrogens with zero attached hydrogens (tertiary/aromatic N) is 2. The average Bonchev–Trinajstić information content (AvgIpc) is 3.87. The molecule has 2 aromatic heterocycles. The number of hydrogen-bond donors (Lipinski definition) is 0. The Morgan fingerprint density at radius 1 is 0.431 bits per heavy atom. The second kappa shape index (κ2) is 14.4. The molecule has 0 spiro atoms. The lowest BCUT2D eigenvalue weighted by atomic mass is 9.92. The van der Waals surface area contributed by atoms with Gasteiger partial charge in [-0.25, -0.2) is 9.98 Å². The number of hydrogen-bond acceptors (Lipinski definition) is 4. The summed E-state index contributed by atoms with van der Waals surface area (Å²) in [6.45, 7) is 0. The molecule has 0 atom stereocenters. The van der Waals surface area contributed by atoms with Crippen LogP contribution in [0.5, 0.6) is 0 Å². The highest BCUT2D eigenvalue weighted by molar-refractivity contribution is 7.26. The zero-order valence-corrected chi connectivity index (χ0v) is 32.4. The van der Waals surface area contributed by atoms with Gasteiger partial charge in [-0.2, -0.15) is 0 Å². The van der Waals surface area contributed by atoms with Gasteiger partial charge in [0, 0.05) is 42.1 Å². The van der Waals surface area contributed by atoms with Crippen molar-refractivity contribution in [1.82, 2.24) is 0 Å². The van der Waals surface area contributed by atoms with Gasteiger partial charge in [0.25, 0.3) is 0 Å². The fourth-order valence-corrected chi connectivity index (χ4v) is 9.73. The Morgan fingerprint density at radius 3 is 1.83 bits per heavy atom. The van der Waals surface area contributed by atoms with Crippen molar-refractivity contribution in [2.45, 2.75) is 12.8 Å². The van der Waals surface area contributed by atoms with Crippen LogP contribution in [0.3, 0.4) is 0 Å². The van der Waals surface area contributed by atoms with Gasteiger partial charge in [0.15, 0.2) is 5.84 Å². The Hall–Kier alpha value is -7.14. The van der Waals surface area contributed by atoms with Gasteiger partial charge in [-0.3, -0.25) is 0 Å². The number of para-hydroxylation sites is 1. The number of benzene rings is 8. The number of aliphatic imine (C=N–C) groups is 2. The lowest BCUT2D eigenvalue weighted by Gasteiger charge is -2.14. The van der Waals surface area contributed by atoms with Gasteiger partial charge in [-0.05, 0) is 70.0 Å². The number of thiophene rings is 1. The monoisotopic (exact) mass is 760 g/mol. The number of furan rings is 1. The smallest absolute Gasteiger partial charge is 0.160 e. The molecule has 0 saturated heterocycles. The van der Waals surface area contributed by atoms with Gasteiger partial charge in [0.1, 0.15) is 11.2 Å². The van der Waals surface area contributed by atoms with Crippen LogP contribution in [0.2, 0.25) is 0 Å². The third kappa shape index (κ3) is 5.98. The molecule has 0 radical (unpaired) electrons. The molecule has 0 aliphatic carbocycles. The van der Waals surface area contributed by atoms with E-state index in [1.807, 2.05) is 23.5 Å². The molecule has 4 heteroatoms. The predicted molar refractivity (Wildman–Crippen MR) is 246 cm³/mol. The first-order valence-corrected chi connectivity index (χ1v) is 20.6. The van der Waals surface area contributed by atoms with Gasteiger partial charge in [-0.1, -0.05) is 176 Å². The van der Waals surface area contributed by atoms with E-state index in [0.717, 1.165) is 74.0 Å². The van der Waals surface area contributed by atoms with Gasteiger partial charge in [-0.15, -0.1) is 11.3 Å². The Kier molecular flexibility index (Phi) is 8.49. The van der Waals surface area contributed by atoms with Crippen LogP contribution in [0.4, 0.5) is 0 Å². The van der Waals surface area contributed by atoms with E-state index in [4.69, 9.17) is 14.4 Å². The standard InChI is InChI=1S/C54H36N2OS/c1-4-15-35(16-5-1)36-29-31-39(32-30-36)54-55-46(38-19-8-3-9-20-38)25-14-26-47(56-54)43-23-12-24-45-50-41(22-13-27-48(50)57-52(43)45)42-34-33-40(37-17-6-2-7-18-37)53-51(42)44-21-10-11-28-49(44)58-53/h1-13,15-24,26-34H,14,25H2/b47-26-,55-46+,56-54-. The molecule has 0 bridgehead atoms. The van der Waals surface area contributed by atoms with Crippen molar-refractivity contribution >= 4 is 70.7 Å². The van der Waals surface area contributed by atoms with Crippen molar-refractivity contribution < 1.29 is 4.42 Å². The Labute approximate surface area is 340 Å². The lowest BCUT2D eigenvalue weighted by Crippen LogP contribution is -2.09. The summed E-state index contributed by atoms with van der Waals surface area (Å²) in [7, 11) is 0. The molecule has 0 unspecified atom stereocenters. The van der Waals surface area contributed by atoms with Crippen LogP contribution in [-0.4, -0.2) is 11.5 Å². The number of fused-ring (bicyclic) bond motifs is 6. The van der Waals surface area contributed by atoms with E-state index in [1.54, 1.807) is 0 Å². The minimum Gasteiger partial charge on any atom is -0.455 e. The SMILES string of the molecule is C1=C(c2cccc3c2oc2cccc(-c4ccc(-c5ccccc5)c5sc6ccccc6c45)c23)/N=C(c2ccc(-c3ccccc3)cc2)\N=C(\c2ccccc2)CC\1. The van der Waals surface area contributed by atoms with Crippen molar-refractivity contribution in [3.63, 3.8) is 0 Å². The first kappa shape index (κ1) is 34.1. The van der Waals surface area contributed by atoms with E-state index >= 15 is 0 Å². The van der Waals surface area contributed by atoms with Crippen LogP contribution >= 0.6 is 11.3 Å². The molecule has 0 fully saturated rings. The molecule has 274 valence electrons. The molecule has 10 aromatic rings. The normalized spacial score (nSPS) is 16.0. The molecule has 0 saturated carbocycles. The van der Waals surface area contributed by atoms with E-state index in [1.165, 1.54) is 42.4 Å². The van der Waals surface area contributed by atoms with Crippen molar-refractivity contribution in [2.24, 2.45) is 9.98 Å². The molecule has 11 rings (SSSR count). The molecule has 3 nitrogen and oxygen atoms in total. The first-order chi connectivity index (χ1) is 28.8. The third-order valence-corrected chi connectivity index (χ3v) is 12.4. The van der Waals surface area contributed by atoms with Crippen molar-refractivity contribution in [3.05, 3.63) is 211 Å². The van der Waals surface area contributed by atoms with Crippen LogP contribution in [0.25, 0.3) is 81.2 Å². The number of amidine groups is 1. The fraction of sp³-hybridized carbons (Fsp3) is 0.0370. The molecule has 1 aliphatic heterocycles. The van der Waals surface area contributed by atoms with Crippen LogP contribution in [-0.2, 0) is 0 Å². The van der Waals surface area contributed by atoms with Gasteiger partial charge in [0.2, 0.25) is 0 Å².